The zero-order valence-electron chi connectivity index (χ0n) is 28.9. The summed E-state index contributed by atoms with van der Waals surface area (Å²) in [6.07, 6.45) is 0. The SMILES string of the molecule is c1ccc(-c2nc(-c3ccccc3)nc(-c3ccc(-c4cc5c(oc6cccc(-c7ccc8oc9ccccc9c8c7)c65)c5ccccc45)cc3)n2)cc1. The summed E-state index contributed by atoms with van der Waals surface area (Å²) in [5, 5.41) is 6.58. The van der Waals surface area contributed by atoms with Crippen LogP contribution in [0.1, 0.15) is 0 Å². The van der Waals surface area contributed by atoms with E-state index in [2.05, 4.69) is 103 Å². The van der Waals surface area contributed by atoms with E-state index < -0.39 is 0 Å². The molecule has 0 aliphatic heterocycles. The molecule has 252 valence electrons. The van der Waals surface area contributed by atoms with Gasteiger partial charge in [-0.25, -0.2) is 15.0 Å². The number of para-hydroxylation sites is 1. The summed E-state index contributed by atoms with van der Waals surface area (Å²) in [6.45, 7) is 0. The van der Waals surface area contributed by atoms with Crippen molar-refractivity contribution in [2.24, 2.45) is 0 Å². The third kappa shape index (κ3) is 4.90. The maximum Gasteiger partial charge on any atom is 0.164 e. The van der Waals surface area contributed by atoms with E-state index in [0.29, 0.717) is 17.5 Å². The van der Waals surface area contributed by atoms with E-state index >= 15 is 0 Å². The van der Waals surface area contributed by atoms with E-state index in [1.807, 2.05) is 72.8 Å². The van der Waals surface area contributed by atoms with E-state index in [9.17, 15) is 0 Å². The Labute approximate surface area is 309 Å². The van der Waals surface area contributed by atoms with Gasteiger partial charge >= 0.3 is 0 Å². The zero-order valence-corrected chi connectivity index (χ0v) is 28.9. The van der Waals surface area contributed by atoms with Crippen LogP contribution in [0.2, 0.25) is 0 Å². The van der Waals surface area contributed by atoms with E-state index in [-0.39, 0.29) is 0 Å². The second-order valence-corrected chi connectivity index (χ2v) is 13.6. The average Bonchev–Trinajstić information content (AvgIpc) is 3.82. The number of rotatable bonds is 5. The molecule has 0 unspecified atom stereocenters. The van der Waals surface area contributed by atoms with Gasteiger partial charge in [0.2, 0.25) is 0 Å². The first-order valence-electron chi connectivity index (χ1n) is 18.0. The molecule has 54 heavy (non-hydrogen) atoms. The van der Waals surface area contributed by atoms with Crippen LogP contribution in [-0.2, 0) is 0 Å². The summed E-state index contributed by atoms with van der Waals surface area (Å²) in [5.41, 5.74) is 10.8. The molecule has 11 aromatic rings. The average molecular weight is 692 g/mol. The lowest BCUT2D eigenvalue weighted by atomic mass is 9.92. The Bertz CT molecular complexity index is 3140. The number of hydrogen-bond donors (Lipinski definition) is 0. The molecule has 0 fully saturated rings. The Morgan fingerprint density at radius 3 is 1.54 bits per heavy atom. The predicted octanol–water partition coefficient (Wildman–Crippen LogP) is 13.2. The first-order valence-corrected chi connectivity index (χ1v) is 18.0. The highest BCUT2D eigenvalue weighted by Gasteiger charge is 2.19. The topological polar surface area (TPSA) is 65.0 Å². The van der Waals surface area contributed by atoms with Gasteiger partial charge in [-0.3, -0.25) is 0 Å². The van der Waals surface area contributed by atoms with Crippen LogP contribution < -0.4 is 0 Å². The molecule has 0 saturated heterocycles. The second kappa shape index (κ2) is 12.1. The zero-order chi connectivity index (χ0) is 35.6. The summed E-state index contributed by atoms with van der Waals surface area (Å²) in [6, 6.07) is 60.5. The predicted molar refractivity (Wildman–Crippen MR) is 219 cm³/mol. The van der Waals surface area contributed by atoms with Gasteiger partial charge in [0.25, 0.3) is 0 Å². The van der Waals surface area contributed by atoms with Crippen molar-refractivity contribution in [3.05, 3.63) is 176 Å². The Morgan fingerprint density at radius 2 is 0.833 bits per heavy atom. The third-order valence-corrected chi connectivity index (χ3v) is 10.3. The van der Waals surface area contributed by atoms with Crippen LogP contribution in [0.4, 0.5) is 0 Å². The first kappa shape index (κ1) is 30.3. The monoisotopic (exact) mass is 691 g/mol. The van der Waals surface area contributed by atoms with Gasteiger partial charge in [0, 0.05) is 43.6 Å². The molecule has 0 radical (unpaired) electrons. The minimum Gasteiger partial charge on any atom is -0.456 e. The molecule has 0 amide bonds. The van der Waals surface area contributed by atoms with Gasteiger partial charge in [-0.2, -0.15) is 0 Å². The minimum absolute atomic E-state index is 0.627. The quantitative estimate of drug-likeness (QED) is 0.180. The fraction of sp³-hybridized carbons (Fsp3) is 0. The lowest BCUT2D eigenvalue weighted by Crippen LogP contribution is -2.00. The molecule has 5 nitrogen and oxygen atoms in total. The Balaban J connectivity index is 1.07. The Morgan fingerprint density at radius 1 is 0.296 bits per heavy atom. The minimum atomic E-state index is 0.627. The Kier molecular flexibility index (Phi) is 6.79. The fourth-order valence-corrected chi connectivity index (χ4v) is 7.76. The lowest BCUT2D eigenvalue weighted by Gasteiger charge is -2.11. The smallest absolute Gasteiger partial charge is 0.164 e. The van der Waals surface area contributed by atoms with Crippen LogP contribution >= 0.6 is 0 Å². The normalized spacial score (nSPS) is 11.7. The van der Waals surface area contributed by atoms with Crippen LogP contribution in [0.15, 0.2) is 185 Å². The van der Waals surface area contributed by atoms with E-state index in [0.717, 1.165) is 93.6 Å². The summed E-state index contributed by atoms with van der Waals surface area (Å²) in [4.78, 5) is 14.8. The number of hydrogen-bond acceptors (Lipinski definition) is 5. The molecule has 3 aromatic heterocycles. The third-order valence-electron chi connectivity index (χ3n) is 10.3. The molecule has 0 atom stereocenters. The number of furan rings is 2. The van der Waals surface area contributed by atoms with Gasteiger partial charge in [-0.15, -0.1) is 0 Å². The van der Waals surface area contributed by atoms with Crippen LogP contribution in [0, 0.1) is 0 Å². The van der Waals surface area contributed by atoms with Crippen molar-refractivity contribution in [3.8, 4) is 56.4 Å². The van der Waals surface area contributed by atoms with E-state index in [1.54, 1.807) is 0 Å². The van der Waals surface area contributed by atoms with E-state index in [1.165, 1.54) is 0 Å². The second-order valence-electron chi connectivity index (χ2n) is 13.6. The number of aromatic nitrogens is 3. The van der Waals surface area contributed by atoms with Crippen molar-refractivity contribution in [2.45, 2.75) is 0 Å². The van der Waals surface area contributed by atoms with Gasteiger partial charge in [-0.05, 0) is 58.0 Å². The molecule has 0 N–H and O–H groups in total. The standard InChI is InChI=1S/C49H29N3O2/c1-3-12-31(13-4-1)47-50-48(32-14-5-2-6-15-32)52-49(51-47)33-24-22-30(23-25-33)39-29-41-45-35(19-11-21-44(45)54-46(41)38-18-8-7-16-36(38)39)34-26-27-43-40(28-34)37-17-9-10-20-42(37)53-43/h1-29H. The van der Waals surface area contributed by atoms with Crippen molar-refractivity contribution in [2.75, 3.05) is 0 Å². The maximum atomic E-state index is 6.69. The lowest BCUT2D eigenvalue weighted by molar-refractivity contribution is 0.669. The van der Waals surface area contributed by atoms with Crippen molar-refractivity contribution < 1.29 is 8.83 Å². The molecule has 11 rings (SSSR count). The van der Waals surface area contributed by atoms with Crippen LogP contribution in [-0.4, -0.2) is 15.0 Å². The molecule has 0 spiro atoms. The van der Waals surface area contributed by atoms with Crippen molar-refractivity contribution in [1.29, 1.82) is 0 Å². The molecule has 3 heterocycles. The largest absolute Gasteiger partial charge is 0.456 e. The maximum absolute atomic E-state index is 6.69. The van der Waals surface area contributed by atoms with Crippen LogP contribution in [0.3, 0.4) is 0 Å². The van der Waals surface area contributed by atoms with Crippen LogP contribution in [0.5, 0.6) is 0 Å². The Hall–Kier alpha value is -7.37. The van der Waals surface area contributed by atoms with Gasteiger partial charge in [0.05, 0.1) is 0 Å². The van der Waals surface area contributed by atoms with Crippen molar-refractivity contribution in [1.82, 2.24) is 15.0 Å². The molecule has 0 saturated carbocycles. The number of fused-ring (bicyclic) bond motifs is 8. The molecular formula is C49H29N3O2. The number of benzene rings is 8. The fourth-order valence-electron chi connectivity index (χ4n) is 7.76. The van der Waals surface area contributed by atoms with Gasteiger partial charge < -0.3 is 8.83 Å². The summed E-state index contributed by atoms with van der Waals surface area (Å²) in [7, 11) is 0. The van der Waals surface area contributed by atoms with Gasteiger partial charge in [0.1, 0.15) is 22.3 Å². The molecule has 0 bridgehead atoms. The van der Waals surface area contributed by atoms with E-state index in [4.69, 9.17) is 23.8 Å². The van der Waals surface area contributed by atoms with Crippen molar-refractivity contribution in [3.63, 3.8) is 0 Å². The molecular weight excluding hydrogens is 663 g/mol. The summed E-state index contributed by atoms with van der Waals surface area (Å²) >= 11 is 0. The number of nitrogens with zero attached hydrogens (tertiary/aromatic N) is 3. The van der Waals surface area contributed by atoms with Gasteiger partial charge in [-0.1, -0.05) is 146 Å². The highest BCUT2D eigenvalue weighted by Crippen LogP contribution is 2.44. The van der Waals surface area contributed by atoms with Crippen molar-refractivity contribution >= 4 is 54.6 Å². The molecule has 5 heteroatoms. The first-order chi connectivity index (χ1) is 26.7. The van der Waals surface area contributed by atoms with Gasteiger partial charge in [0.15, 0.2) is 17.5 Å². The molecule has 0 aliphatic carbocycles. The molecule has 8 aromatic carbocycles. The summed E-state index contributed by atoms with van der Waals surface area (Å²) < 4.78 is 12.9. The highest BCUT2D eigenvalue weighted by molar-refractivity contribution is 6.22. The summed E-state index contributed by atoms with van der Waals surface area (Å²) in [5.74, 6) is 1.91. The van der Waals surface area contributed by atoms with Crippen LogP contribution in [0.25, 0.3) is 111 Å². The molecule has 0 aliphatic rings. The highest BCUT2D eigenvalue weighted by atomic mass is 16.3.